The third-order valence-corrected chi connectivity index (χ3v) is 3.21. The van der Waals surface area contributed by atoms with Crippen LogP contribution < -0.4 is 5.32 Å². The number of carbonyl (C=O) groups excluding carboxylic acids is 1. The summed E-state index contributed by atoms with van der Waals surface area (Å²) in [6.45, 7) is 9.50. The number of carbonyl (C=O) groups is 1. The van der Waals surface area contributed by atoms with E-state index in [4.69, 9.17) is 4.74 Å². The minimum absolute atomic E-state index is 0.139. The van der Waals surface area contributed by atoms with Gasteiger partial charge in [-0.05, 0) is 37.3 Å². The van der Waals surface area contributed by atoms with Gasteiger partial charge in [0.05, 0.1) is 13.0 Å². The van der Waals surface area contributed by atoms with Crippen molar-refractivity contribution in [3.63, 3.8) is 0 Å². The maximum Gasteiger partial charge on any atom is 0.307 e. The summed E-state index contributed by atoms with van der Waals surface area (Å²) >= 11 is 0. The highest BCUT2D eigenvalue weighted by atomic mass is 16.5. The zero-order valence-corrected chi connectivity index (χ0v) is 13.1. The lowest BCUT2D eigenvalue weighted by Crippen LogP contribution is -2.22. The van der Waals surface area contributed by atoms with Crippen LogP contribution in [-0.4, -0.2) is 19.1 Å². The molecule has 1 aromatic rings. The normalized spacial score (nSPS) is 12.4. The van der Waals surface area contributed by atoms with Gasteiger partial charge in [-0.15, -0.1) is 0 Å². The van der Waals surface area contributed by atoms with Crippen LogP contribution in [0.3, 0.4) is 0 Å². The molecule has 0 spiro atoms. The lowest BCUT2D eigenvalue weighted by atomic mass is 10.00. The lowest BCUT2D eigenvalue weighted by Gasteiger charge is -2.15. The van der Waals surface area contributed by atoms with Gasteiger partial charge < -0.3 is 10.1 Å². The molecule has 3 nitrogen and oxygen atoms in total. The van der Waals surface area contributed by atoms with Crippen molar-refractivity contribution in [2.45, 2.75) is 46.6 Å². The second kappa shape index (κ2) is 8.75. The minimum atomic E-state index is -0.139. The van der Waals surface area contributed by atoms with Crippen LogP contribution in [0, 0.1) is 5.92 Å². The molecule has 0 fully saturated rings. The molecule has 1 N–H and O–H groups in total. The Bertz CT molecular complexity index is 398. The fourth-order valence-electron chi connectivity index (χ4n) is 2.16. The molecule has 1 atom stereocenters. The van der Waals surface area contributed by atoms with Gasteiger partial charge in [-0.25, -0.2) is 0 Å². The molecular formula is C17H27NO2. The summed E-state index contributed by atoms with van der Waals surface area (Å²) in [5, 5.41) is 3.35. The van der Waals surface area contributed by atoms with Crippen molar-refractivity contribution in [3.05, 3.63) is 35.4 Å². The predicted octanol–water partition coefficient (Wildman–Crippen LogP) is 3.49. The first-order chi connectivity index (χ1) is 9.52. The van der Waals surface area contributed by atoms with Crippen LogP contribution in [0.15, 0.2) is 24.3 Å². The molecule has 0 saturated carbocycles. The van der Waals surface area contributed by atoms with Crippen LogP contribution in [0.4, 0.5) is 0 Å². The summed E-state index contributed by atoms with van der Waals surface area (Å²) in [7, 11) is 0. The summed E-state index contributed by atoms with van der Waals surface area (Å²) in [6, 6.07) is 8.97. The Morgan fingerprint density at radius 2 is 1.85 bits per heavy atom. The lowest BCUT2D eigenvalue weighted by molar-refractivity contribution is -0.143. The van der Waals surface area contributed by atoms with Crippen LogP contribution in [-0.2, 0) is 16.0 Å². The van der Waals surface area contributed by atoms with E-state index in [1.54, 1.807) is 0 Å². The van der Waals surface area contributed by atoms with Crippen molar-refractivity contribution in [3.8, 4) is 0 Å². The first kappa shape index (κ1) is 16.7. The van der Waals surface area contributed by atoms with E-state index in [0.29, 0.717) is 25.5 Å². The monoisotopic (exact) mass is 277 g/mol. The Kier molecular flexibility index (Phi) is 7.31. The number of benzene rings is 1. The number of hydrogen-bond donors (Lipinski definition) is 1. The molecule has 1 aromatic carbocycles. The largest absolute Gasteiger partial charge is 0.466 e. The van der Waals surface area contributed by atoms with Gasteiger partial charge in [-0.2, -0.15) is 0 Å². The molecule has 3 heteroatoms. The average molecular weight is 277 g/mol. The third kappa shape index (κ3) is 6.20. The summed E-state index contributed by atoms with van der Waals surface area (Å²) in [5.41, 5.74) is 2.63. The molecule has 0 amide bonds. The van der Waals surface area contributed by atoms with Gasteiger partial charge in [0, 0.05) is 12.6 Å². The highest BCUT2D eigenvalue weighted by Gasteiger charge is 2.07. The Balaban J connectivity index is 2.39. The number of nitrogens with one attached hydrogen (secondary N) is 1. The Morgan fingerprint density at radius 1 is 1.20 bits per heavy atom. The highest BCUT2D eigenvalue weighted by molar-refractivity contribution is 5.69. The van der Waals surface area contributed by atoms with Gasteiger partial charge >= 0.3 is 5.97 Å². The van der Waals surface area contributed by atoms with E-state index in [1.165, 1.54) is 11.1 Å². The number of hydrogen-bond acceptors (Lipinski definition) is 3. The third-order valence-electron chi connectivity index (χ3n) is 3.21. The first-order valence-electron chi connectivity index (χ1n) is 7.50. The van der Waals surface area contributed by atoms with E-state index >= 15 is 0 Å². The summed E-state index contributed by atoms with van der Waals surface area (Å²) in [6.07, 6.45) is 1.54. The molecule has 0 aromatic heterocycles. The summed E-state index contributed by atoms with van der Waals surface area (Å²) in [5.74, 6) is 0.542. The van der Waals surface area contributed by atoms with Crippen molar-refractivity contribution >= 4 is 5.97 Å². The quantitative estimate of drug-likeness (QED) is 0.739. The zero-order chi connectivity index (χ0) is 15.0. The molecule has 1 unspecified atom stereocenters. The molecule has 1 rings (SSSR count). The minimum Gasteiger partial charge on any atom is -0.466 e. The van der Waals surface area contributed by atoms with Gasteiger partial charge in [0.25, 0.3) is 0 Å². The molecular weight excluding hydrogens is 250 g/mol. The molecule has 0 aliphatic carbocycles. The van der Waals surface area contributed by atoms with Gasteiger partial charge in [-0.1, -0.05) is 38.1 Å². The van der Waals surface area contributed by atoms with Gasteiger partial charge in [0.2, 0.25) is 0 Å². The van der Waals surface area contributed by atoms with Crippen LogP contribution in [0.25, 0.3) is 0 Å². The Hall–Kier alpha value is -1.35. The zero-order valence-electron chi connectivity index (χ0n) is 13.1. The number of esters is 1. The second-order valence-corrected chi connectivity index (χ2v) is 5.57. The molecule has 20 heavy (non-hydrogen) atoms. The fourth-order valence-corrected chi connectivity index (χ4v) is 2.16. The molecule has 0 radical (unpaired) electrons. The molecule has 0 aliphatic rings. The Morgan fingerprint density at radius 3 is 2.40 bits per heavy atom. The van der Waals surface area contributed by atoms with E-state index in [2.05, 4.69) is 50.4 Å². The van der Waals surface area contributed by atoms with Crippen LogP contribution in [0.5, 0.6) is 0 Å². The van der Waals surface area contributed by atoms with Crippen molar-refractivity contribution < 1.29 is 9.53 Å². The van der Waals surface area contributed by atoms with Gasteiger partial charge in [0.15, 0.2) is 0 Å². The molecule has 0 bridgehead atoms. The maximum atomic E-state index is 11.2. The highest BCUT2D eigenvalue weighted by Crippen LogP contribution is 2.15. The molecule has 112 valence electrons. The summed E-state index contributed by atoms with van der Waals surface area (Å²) in [4.78, 5) is 11.2. The standard InChI is InChI=1S/C17H27NO2/c1-5-20-17(19)10-11-18-14(4)16-8-6-15(7-9-16)12-13(2)3/h6-9,13-14,18H,5,10-12H2,1-4H3. The van der Waals surface area contributed by atoms with Crippen molar-refractivity contribution in [2.75, 3.05) is 13.2 Å². The van der Waals surface area contributed by atoms with E-state index in [0.717, 1.165) is 6.42 Å². The van der Waals surface area contributed by atoms with Crippen LogP contribution in [0.1, 0.15) is 51.3 Å². The van der Waals surface area contributed by atoms with Crippen LogP contribution in [0.2, 0.25) is 0 Å². The van der Waals surface area contributed by atoms with Gasteiger partial charge in [-0.3, -0.25) is 4.79 Å². The van der Waals surface area contributed by atoms with E-state index in [9.17, 15) is 4.79 Å². The Labute approximate surface area is 122 Å². The second-order valence-electron chi connectivity index (χ2n) is 5.57. The first-order valence-corrected chi connectivity index (χ1v) is 7.50. The van der Waals surface area contributed by atoms with E-state index < -0.39 is 0 Å². The van der Waals surface area contributed by atoms with Crippen molar-refractivity contribution in [1.29, 1.82) is 0 Å². The molecule has 0 saturated heterocycles. The molecule has 0 aliphatic heterocycles. The predicted molar refractivity (Wildman–Crippen MR) is 82.7 cm³/mol. The van der Waals surface area contributed by atoms with Gasteiger partial charge in [0.1, 0.15) is 0 Å². The van der Waals surface area contributed by atoms with Crippen molar-refractivity contribution in [1.82, 2.24) is 5.32 Å². The smallest absolute Gasteiger partial charge is 0.307 e. The fraction of sp³-hybridized carbons (Fsp3) is 0.588. The average Bonchev–Trinajstić information content (AvgIpc) is 2.39. The number of rotatable bonds is 8. The van der Waals surface area contributed by atoms with Crippen LogP contribution >= 0.6 is 0 Å². The summed E-state index contributed by atoms with van der Waals surface area (Å²) < 4.78 is 4.90. The molecule has 0 heterocycles. The van der Waals surface area contributed by atoms with E-state index in [-0.39, 0.29) is 12.0 Å². The van der Waals surface area contributed by atoms with Crippen molar-refractivity contribution in [2.24, 2.45) is 5.92 Å². The van der Waals surface area contributed by atoms with E-state index in [1.807, 2.05) is 6.92 Å². The SMILES string of the molecule is CCOC(=O)CCNC(C)c1ccc(CC(C)C)cc1. The number of ether oxygens (including phenoxy) is 1. The maximum absolute atomic E-state index is 11.2. The topological polar surface area (TPSA) is 38.3 Å².